The molecule has 4 heteroatoms. The van der Waals surface area contributed by atoms with Crippen molar-refractivity contribution in [2.24, 2.45) is 0 Å². The fourth-order valence-corrected chi connectivity index (χ4v) is 2.94. The lowest BCUT2D eigenvalue weighted by atomic mass is 9.90. The quantitative estimate of drug-likeness (QED) is 0.877. The minimum Gasteiger partial charge on any atom is -0.309 e. The highest BCUT2D eigenvalue weighted by Gasteiger charge is 2.40. The summed E-state index contributed by atoms with van der Waals surface area (Å²) in [6, 6.07) is 6.01. The van der Waals surface area contributed by atoms with Gasteiger partial charge in [0.05, 0.1) is 10.8 Å². The van der Waals surface area contributed by atoms with E-state index in [1.807, 2.05) is 13.8 Å². The molecule has 1 aromatic rings. The van der Waals surface area contributed by atoms with Crippen LogP contribution in [0.15, 0.2) is 18.2 Å². The van der Waals surface area contributed by atoms with Crippen LogP contribution < -0.4 is 5.32 Å². The van der Waals surface area contributed by atoms with Gasteiger partial charge in [-0.25, -0.2) is 8.42 Å². The molecule has 1 aromatic carbocycles. The van der Waals surface area contributed by atoms with Crippen LogP contribution in [0.4, 0.5) is 0 Å². The molecule has 1 unspecified atom stereocenters. The molecule has 0 spiro atoms. The molecule has 3 nitrogen and oxygen atoms in total. The van der Waals surface area contributed by atoms with Gasteiger partial charge in [0, 0.05) is 6.26 Å². The number of sulfone groups is 1. The van der Waals surface area contributed by atoms with Crippen LogP contribution in [0, 0.1) is 13.8 Å². The second-order valence-electron chi connectivity index (χ2n) is 6.12. The Morgan fingerprint density at radius 2 is 1.85 bits per heavy atom. The number of aryl methyl sites for hydroxylation is 2. The van der Waals surface area contributed by atoms with Crippen molar-refractivity contribution in [3.05, 3.63) is 34.9 Å². The molecule has 0 aliphatic carbocycles. The number of hydrogen-bond acceptors (Lipinski definition) is 3. The molecule has 1 N–H and O–H groups in total. The Morgan fingerprint density at radius 3 is 2.35 bits per heavy atom. The first-order chi connectivity index (χ1) is 9.11. The fourth-order valence-electron chi connectivity index (χ4n) is 2.30. The van der Waals surface area contributed by atoms with Gasteiger partial charge in [-0.3, -0.25) is 0 Å². The summed E-state index contributed by atoms with van der Waals surface area (Å²) in [5.74, 6) is 0. The van der Waals surface area contributed by atoms with Crippen LogP contribution >= 0.6 is 0 Å². The minimum absolute atomic E-state index is 0.197. The molecule has 0 bridgehead atoms. The summed E-state index contributed by atoms with van der Waals surface area (Å²) in [5.41, 5.74) is 3.35. The van der Waals surface area contributed by atoms with E-state index < -0.39 is 14.6 Å². The normalized spacial score (nSPS) is 14.3. The van der Waals surface area contributed by atoms with Crippen LogP contribution in [0.25, 0.3) is 0 Å². The highest BCUT2D eigenvalue weighted by molar-refractivity contribution is 7.92. The van der Waals surface area contributed by atoms with E-state index in [-0.39, 0.29) is 6.04 Å². The van der Waals surface area contributed by atoms with Gasteiger partial charge < -0.3 is 5.32 Å². The highest BCUT2D eigenvalue weighted by atomic mass is 32.2. The molecule has 0 fully saturated rings. The van der Waals surface area contributed by atoms with Gasteiger partial charge in [0.1, 0.15) is 0 Å². The molecule has 0 radical (unpaired) electrons. The molecule has 0 heterocycles. The van der Waals surface area contributed by atoms with E-state index in [2.05, 4.69) is 30.4 Å². The number of hydrogen-bond donors (Lipinski definition) is 1. The molecule has 1 rings (SSSR count). The van der Waals surface area contributed by atoms with Gasteiger partial charge in [0.25, 0.3) is 0 Å². The summed E-state index contributed by atoms with van der Waals surface area (Å²) in [4.78, 5) is 0. The van der Waals surface area contributed by atoms with Gasteiger partial charge in [0.15, 0.2) is 9.84 Å². The van der Waals surface area contributed by atoms with Crippen LogP contribution in [0.3, 0.4) is 0 Å². The van der Waals surface area contributed by atoms with E-state index in [1.54, 1.807) is 13.8 Å². The van der Waals surface area contributed by atoms with Crippen molar-refractivity contribution in [1.29, 1.82) is 0 Å². The number of nitrogens with one attached hydrogen (secondary N) is 1. The van der Waals surface area contributed by atoms with Crippen molar-refractivity contribution in [3.63, 3.8) is 0 Å². The van der Waals surface area contributed by atoms with Crippen molar-refractivity contribution < 1.29 is 8.42 Å². The molecule has 20 heavy (non-hydrogen) atoms. The van der Waals surface area contributed by atoms with Crippen LogP contribution in [-0.4, -0.2) is 26.0 Å². The van der Waals surface area contributed by atoms with Crippen LogP contribution in [-0.2, 0) is 9.84 Å². The molecule has 0 saturated carbocycles. The van der Waals surface area contributed by atoms with Gasteiger partial charge in [-0.05, 0) is 51.8 Å². The summed E-state index contributed by atoms with van der Waals surface area (Å²) in [5, 5.41) is 3.42. The molecule has 0 aliphatic rings. The molecule has 114 valence electrons. The highest BCUT2D eigenvalue weighted by Crippen LogP contribution is 2.34. The Labute approximate surface area is 123 Å². The summed E-state index contributed by atoms with van der Waals surface area (Å²) in [7, 11) is -3.17. The lowest BCUT2D eigenvalue weighted by Gasteiger charge is -2.35. The Kier molecular flexibility index (Phi) is 5.39. The van der Waals surface area contributed by atoms with Crippen molar-refractivity contribution >= 4 is 9.84 Å². The Bertz CT molecular complexity index is 562. The third-order valence-electron chi connectivity index (χ3n) is 4.00. The summed E-state index contributed by atoms with van der Waals surface area (Å²) < 4.78 is 23.5. The first-order valence-electron chi connectivity index (χ1n) is 7.11. The van der Waals surface area contributed by atoms with E-state index in [0.717, 1.165) is 29.7 Å². The first-order valence-corrected chi connectivity index (χ1v) is 9.00. The molecule has 0 aromatic heterocycles. The average Bonchev–Trinajstić information content (AvgIpc) is 2.32. The zero-order chi connectivity index (χ0) is 15.6. The van der Waals surface area contributed by atoms with Crippen molar-refractivity contribution in [2.45, 2.75) is 51.8 Å². The zero-order valence-electron chi connectivity index (χ0n) is 13.4. The van der Waals surface area contributed by atoms with E-state index in [0.29, 0.717) is 0 Å². The second-order valence-corrected chi connectivity index (χ2v) is 8.72. The summed E-state index contributed by atoms with van der Waals surface area (Å²) in [6.45, 7) is 10.6. The smallest absolute Gasteiger partial charge is 0.154 e. The minimum atomic E-state index is -3.17. The Hall–Kier alpha value is -0.870. The van der Waals surface area contributed by atoms with E-state index in [1.165, 1.54) is 6.26 Å². The largest absolute Gasteiger partial charge is 0.309 e. The predicted octanol–water partition coefficient (Wildman–Crippen LogP) is 3.17. The van der Waals surface area contributed by atoms with Gasteiger partial charge in [-0.15, -0.1) is 0 Å². The zero-order valence-corrected chi connectivity index (χ0v) is 14.3. The van der Waals surface area contributed by atoms with E-state index >= 15 is 0 Å². The average molecular weight is 297 g/mol. The van der Waals surface area contributed by atoms with Gasteiger partial charge in [-0.2, -0.15) is 0 Å². The fraction of sp³-hybridized carbons (Fsp3) is 0.625. The third-order valence-corrected chi connectivity index (χ3v) is 6.14. The SMILES string of the molecule is CCCNC(c1cc(C)ccc1C)C(C)(C)S(C)(=O)=O. The third kappa shape index (κ3) is 3.61. The molecule has 0 saturated heterocycles. The maximum absolute atomic E-state index is 12.2. The van der Waals surface area contributed by atoms with Crippen molar-refractivity contribution in [1.82, 2.24) is 5.32 Å². The molecule has 0 aliphatic heterocycles. The van der Waals surface area contributed by atoms with Crippen molar-refractivity contribution in [3.8, 4) is 0 Å². The second kappa shape index (κ2) is 6.27. The van der Waals surface area contributed by atoms with Gasteiger partial charge >= 0.3 is 0 Å². The molecular weight excluding hydrogens is 270 g/mol. The maximum atomic E-state index is 12.2. The van der Waals surface area contributed by atoms with E-state index in [9.17, 15) is 8.42 Å². The van der Waals surface area contributed by atoms with Gasteiger partial charge in [-0.1, -0.05) is 30.7 Å². The molecule has 0 amide bonds. The van der Waals surface area contributed by atoms with Crippen LogP contribution in [0.5, 0.6) is 0 Å². The Balaban J connectivity index is 3.36. The first kappa shape index (κ1) is 17.2. The van der Waals surface area contributed by atoms with Gasteiger partial charge in [0.2, 0.25) is 0 Å². The summed E-state index contributed by atoms with van der Waals surface area (Å²) >= 11 is 0. The monoisotopic (exact) mass is 297 g/mol. The standard InChI is InChI=1S/C16H27NO2S/c1-7-10-17-15(16(4,5)20(6,18)19)14-11-12(2)8-9-13(14)3/h8-9,11,15,17H,7,10H2,1-6H3. The van der Waals surface area contributed by atoms with Crippen LogP contribution in [0.2, 0.25) is 0 Å². The maximum Gasteiger partial charge on any atom is 0.154 e. The van der Waals surface area contributed by atoms with Crippen molar-refractivity contribution in [2.75, 3.05) is 12.8 Å². The lowest BCUT2D eigenvalue weighted by molar-refractivity contribution is 0.418. The summed E-state index contributed by atoms with van der Waals surface area (Å²) in [6.07, 6.45) is 2.29. The Morgan fingerprint density at radius 1 is 1.25 bits per heavy atom. The lowest BCUT2D eigenvalue weighted by Crippen LogP contribution is -2.45. The molecular formula is C16H27NO2S. The molecule has 1 atom stereocenters. The number of rotatable bonds is 6. The number of benzene rings is 1. The van der Waals surface area contributed by atoms with Crippen LogP contribution in [0.1, 0.15) is 49.9 Å². The topological polar surface area (TPSA) is 46.2 Å². The van der Waals surface area contributed by atoms with E-state index in [4.69, 9.17) is 0 Å². The predicted molar refractivity (Wildman–Crippen MR) is 85.9 cm³/mol.